The summed E-state index contributed by atoms with van der Waals surface area (Å²) in [7, 11) is -4.25. The number of alkyl halides is 3. The molecule has 3 N–H and O–H groups in total. The third kappa shape index (κ3) is 5.42. The molecule has 0 saturated carbocycles. The largest absolute Gasteiger partial charge is 0.480 e. The number of amides is 1. The van der Waals surface area contributed by atoms with E-state index in [-0.39, 0.29) is 25.9 Å². The lowest BCUT2D eigenvalue weighted by molar-refractivity contribution is -0.145. The van der Waals surface area contributed by atoms with E-state index < -0.39 is 61.6 Å². The SMILES string of the molecule is C[C@H](O)[C@H](NC(=O)C1CCN(S(=O)(=O)c2ccc(Cl)c(C(F)(F)F)c2)CC1)C(=O)O. The Labute approximate surface area is 175 Å². The van der Waals surface area contributed by atoms with Crippen molar-refractivity contribution in [3.8, 4) is 0 Å². The number of nitrogens with one attached hydrogen (secondary N) is 1. The van der Waals surface area contributed by atoms with Crippen LogP contribution in [-0.4, -0.2) is 60.0 Å². The van der Waals surface area contributed by atoms with E-state index in [2.05, 4.69) is 5.32 Å². The highest BCUT2D eigenvalue weighted by atomic mass is 35.5. The van der Waals surface area contributed by atoms with Gasteiger partial charge in [-0.1, -0.05) is 11.6 Å². The lowest BCUT2D eigenvalue weighted by Gasteiger charge is -2.31. The topological polar surface area (TPSA) is 124 Å². The number of hydrogen-bond acceptors (Lipinski definition) is 5. The number of aliphatic carboxylic acids is 1. The number of nitrogens with zero attached hydrogens (tertiary/aromatic N) is 1. The van der Waals surface area contributed by atoms with E-state index in [9.17, 15) is 36.3 Å². The summed E-state index contributed by atoms with van der Waals surface area (Å²) < 4.78 is 65.5. The van der Waals surface area contributed by atoms with E-state index in [1.807, 2.05) is 0 Å². The summed E-state index contributed by atoms with van der Waals surface area (Å²) in [6.45, 7) is 0.920. The first-order valence-electron chi connectivity index (χ1n) is 8.83. The lowest BCUT2D eigenvalue weighted by atomic mass is 9.96. The quantitative estimate of drug-likeness (QED) is 0.579. The monoisotopic (exact) mass is 472 g/mol. The van der Waals surface area contributed by atoms with Gasteiger partial charge < -0.3 is 15.5 Å². The maximum absolute atomic E-state index is 13.0. The van der Waals surface area contributed by atoms with Crippen LogP contribution >= 0.6 is 11.6 Å². The average molecular weight is 473 g/mol. The van der Waals surface area contributed by atoms with E-state index in [0.29, 0.717) is 6.07 Å². The Hall–Kier alpha value is -1.89. The second-order valence-electron chi connectivity index (χ2n) is 6.88. The predicted molar refractivity (Wildman–Crippen MR) is 99.2 cm³/mol. The van der Waals surface area contributed by atoms with Crippen LogP contribution in [-0.2, 0) is 25.8 Å². The standard InChI is InChI=1S/C17H20ClF3N2O6S/c1-9(24)14(16(26)27)22-15(25)10-4-6-23(7-5-10)30(28,29)11-2-3-13(18)12(8-11)17(19,20)21/h2-3,8-10,14,24H,4-7H2,1H3,(H,22,25)(H,26,27)/t9-,14-/m0/s1. The molecule has 0 aromatic heterocycles. The highest BCUT2D eigenvalue weighted by molar-refractivity contribution is 7.89. The number of carbonyl (C=O) groups is 2. The molecule has 2 rings (SSSR count). The van der Waals surface area contributed by atoms with Crippen molar-refractivity contribution >= 4 is 33.5 Å². The summed E-state index contributed by atoms with van der Waals surface area (Å²) in [5.41, 5.74) is -1.27. The van der Waals surface area contributed by atoms with Crippen LogP contribution < -0.4 is 5.32 Å². The van der Waals surface area contributed by atoms with Crippen molar-refractivity contribution in [1.29, 1.82) is 0 Å². The molecular formula is C17H20ClF3N2O6S. The summed E-state index contributed by atoms with van der Waals surface area (Å²) in [6.07, 6.45) is -6.08. The minimum atomic E-state index is -4.82. The molecule has 2 atom stereocenters. The summed E-state index contributed by atoms with van der Waals surface area (Å²) in [4.78, 5) is 22.7. The molecule has 1 fully saturated rings. The van der Waals surface area contributed by atoms with E-state index in [0.717, 1.165) is 16.4 Å². The van der Waals surface area contributed by atoms with Gasteiger partial charge in [0.25, 0.3) is 0 Å². The molecule has 0 bridgehead atoms. The highest BCUT2D eigenvalue weighted by Crippen LogP contribution is 2.36. The molecule has 0 unspecified atom stereocenters. The molecule has 30 heavy (non-hydrogen) atoms. The van der Waals surface area contributed by atoms with E-state index >= 15 is 0 Å². The van der Waals surface area contributed by atoms with Gasteiger partial charge in [-0.05, 0) is 38.0 Å². The van der Waals surface area contributed by atoms with Crippen LogP contribution in [0, 0.1) is 5.92 Å². The number of carboxylic acids is 1. The third-order valence-electron chi connectivity index (χ3n) is 4.75. The van der Waals surface area contributed by atoms with Gasteiger partial charge in [0.15, 0.2) is 6.04 Å². The minimum Gasteiger partial charge on any atom is -0.480 e. The molecule has 1 aromatic rings. The zero-order valence-corrected chi connectivity index (χ0v) is 17.3. The number of hydrogen-bond donors (Lipinski definition) is 3. The van der Waals surface area contributed by atoms with Crippen molar-refractivity contribution in [2.24, 2.45) is 5.92 Å². The van der Waals surface area contributed by atoms with Crippen molar-refractivity contribution < 1.29 is 41.4 Å². The van der Waals surface area contributed by atoms with E-state index in [1.54, 1.807) is 0 Å². The van der Waals surface area contributed by atoms with Crippen molar-refractivity contribution in [2.75, 3.05) is 13.1 Å². The molecule has 1 saturated heterocycles. The Balaban J connectivity index is 2.11. The molecule has 1 heterocycles. The fourth-order valence-corrected chi connectivity index (χ4v) is 4.77. The van der Waals surface area contributed by atoms with Gasteiger partial charge in [0.2, 0.25) is 15.9 Å². The number of piperidine rings is 1. The second kappa shape index (κ2) is 9.08. The molecule has 168 valence electrons. The number of aliphatic hydroxyl groups is 1. The molecule has 1 aromatic carbocycles. The molecule has 1 amide bonds. The molecule has 1 aliphatic rings. The Kier molecular flexibility index (Phi) is 7.38. The summed E-state index contributed by atoms with van der Waals surface area (Å²) in [6, 6.07) is 0.802. The van der Waals surface area contributed by atoms with Crippen molar-refractivity contribution in [3.63, 3.8) is 0 Å². The number of halogens is 4. The Morgan fingerprint density at radius 3 is 2.30 bits per heavy atom. The van der Waals surface area contributed by atoms with Crippen LogP contribution in [0.3, 0.4) is 0 Å². The Bertz CT molecular complexity index is 915. The van der Waals surface area contributed by atoms with Gasteiger partial charge in [0.05, 0.1) is 21.6 Å². The minimum absolute atomic E-state index is 0.0386. The number of sulfonamides is 1. The normalized spacial score (nSPS) is 18.6. The van der Waals surface area contributed by atoms with Gasteiger partial charge in [0.1, 0.15) is 0 Å². The third-order valence-corrected chi connectivity index (χ3v) is 6.98. The number of aliphatic hydroxyl groups excluding tert-OH is 1. The van der Waals surface area contributed by atoms with Crippen LogP contribution in [0.15, 0.2) is 23.1 Å². The van der Waals surface area contributed by atoms with Gasteiger partial charge in [-0.3, -0.25) is 4.79 Å². The number of rotatable bonds is 6. The first kappa shape index (κ1) is 24.4. The number of carbonyl (C=O) groups excluding carboxylic acids is 1. The predicted octanol–water partition coefficient (Wildman–Crippen LogP) is 1.71. The molecular weight excluding hydrogens is 453 g/mol. The number of benzene rings is 1. The fraction of sp³-hybridized carbons (Fsp3) is 0.529. The molecule has 8 nitrogen and oxygen atoms in total. The van der Waals surface area contributed by atoms with Crippen LogP contribution in [0.25, 0.3) is 0 Å². The van der Waals surface area contributed by atoms with Gasteiger partial charge in [-0.15, -0.1) is 0 Å². The fourth-order valence-electron chi connectivity index (χ4n) is 3.05. The summed E-state index contributed by atoms with van der Waals surface area (Å²) in [5, 5.41) is 20.0. The second-order valence-corrected chi connectivity index (χ2v) is 9.23. The Morgan fingerprint density at radius 2 is 1.83 bits per heavy atom. The summed E-state index contributed by atoms with van der Waals surface area (Å²) in [5.74, 6) is -2.76. The smallest absolute Gasteiger partial charge is 0.417 e. The van der Waals surface area contributed by atoms with Gasteiger partial charge >= 0.3 is 12.1 Å². The van der Waals surface area contributed by atoms with Crippen LogP contribution in [0.4, 0.5) is 13.2 Å². The molecule has 1 aliphatic heterocycles. The van der Waals surface area contributed by atoms with Crippen molar-refractivity contribution in [3.05, 3.63) is 28.8 Å². The zero-order chi connectivity index (χ0) is 22.9. The molecule has 13 heteroatoms. The first-order chi connectivity index (χ1) is 13.7. The average Bonchev–Trinajstić information content (AvgIpc) is 2.64. The highest BCUT2D eigenvalue weighted by Gasteiger charge is 2.37. The van der Waals surface area contributed by atoms with Crippen molar-refractivity contribution in [2.45, 2.75) is 43.0 Å². The maximum Gasteiger partial charge on any atom is 0.417 e. The zero-order valence-electron chi connectivity index (χ0n) is 15.7. The van der Waals surface area contributed by atoms with Gasteiger partial charge in [0, 0.05) is 19.0 Å². The Morgan fingerprint density at radius 1 is 1.27 bits per heavy atom. The van der Waals surface area contributed by atoms with Gasteiger partial charge in [-0.25, -0.2) is 13.2 Å². The van der Waals surface area contributed by atoms with Crippen LogP contribution in [0.5, 0.6) is 0 Å². The van der Waals surface area contributed by atoms with E-state index in [4.69, 9.17) is 16.7 Å². The number of carboxylic acid groups (broad SMARTS) is 1. The summed E-state index contributed by atoms with van der Waals surface area (Å²) >= 11 is 5.52. The first-order valence-corrected chi connectivity index (χ1v) is 10.6. The van der Waals surface area contributed by atoms with Crippen LogP contribution in [0.1, 0.15) is 25.3 Å². The molecule has 0 radical (unpaired) electrons. The molecule has 0 aliphatic carbocycles. The molecule has 0 spiro atoms. The van der Waals surface area contributed by atoms with Gasteiger partial charge in [-0.2, -0.15) is 17.5 Å². The lowest BCUT2D eigenvalue weighted by Crippen LogP contribution is -2.51. The van der Waals surface area contributed by atoms with Crippen LogP contribution in [0.2, 0.25) is 5.02 Å². The maximum atomic E-state index is 13.0. The van der Waals surface area contributed by atoms with E-state index in [1.165, 1.54) is 6.92 Å². The van der Waals surface area contributed by atoms with Crippen molar-refractivity contribution in [1.82, 2.24) is 9.62 Å².